The Bertz CT molecular complexity index is 699. The van der Waals surface area contributed by atoms with Gasteiger partial charge in [-0.3, -0.25) is 0 Å². The van der Waals surface area contributed by atoms with Crippen LogP contribution in [0, 0.1) is 6.92 Å². The predicted molar refractivity (Wildman–Crippen MR) is 77.8 cm³/mol. The lowest BCUT2D eigenvalue weighted by molar-refractivity contribution is 0.111. The van der Waals surface area contributed by atoms with Gasteiger partial charge in [0.15, 0.2) is 0 Å². The maximum absolute atomic E-state index is 12.2. The molecule has 1 fully saturated rings. The highest BCUT2D eigenvalue weighted by Gasteiger charge is 2.24. The fraction of sp³-hybridized carbons (Fsp3) is 0.500. The van der Waals surface area contributed by atoms with Crippen LogP contribution in [0.5, 0.6) is 0 Å². The van der Waals surface area contributed by atoms with E-state index in [2.05, 4.69) is 9.97 Å². The standard InChI is InChI=1S/C12H14N2O3S3/c1-8-5-19-12(13-8)20(15,16)7-9-6-18-11(14-9)10-3-2-4-17-10/h5-6,10H,2-4,7H2,1H3/t10-/m0/s1. The van der Waals surface area contributed by atoms with E-state index in [1.54, 1.807) is 17.7 Å². The maximum Gasteiger partial charge on any atom is 0.211 e. The second kappa shape index (κ2) is 5.51. The van der Waals surface area contributed by atoms with Crippen molar-refractivity contribution in [1.82, 2.24) is 9.97 Å². The average Bonchev–Trinajstić information content (AvgIpc) is 3.06. The second-order valence-electron chi connectivity index (χ2n) is 4.69. The third-order valence-corrected chi connectivity index (χ3v) is 7.06. The largest absolute Gasteiger partial charge is 0.371 e. The first-order chi connectivity index (χ1) is 9.54. The summed E-state index contributed by atoms with van der Waals surface area (Å²) >= 11 is 2.63. The van der Waals surface area contributed by atoms with Crippen molar-refractivity contribution in [2.75, 3.05) is 6.61 Å². The Morgan fingerprint density at radius 3 is 2.85 bits per heavy atom. The van der Waals surface area contributed by atoms with E-state index in [1.807, 2.05) is 0 Å². The topological polar surface area (TPSA) is 69.2 Å². The zero-order valence-corrected chi connectivity index (χ0v) is 13.4. The highest BCUT2D eigenvalue weighted by molar-refractivity contribution is 7.92. The van der Waals surface area contributed by atoms with E-state index in [0.29, 0.717) is 5.69 Å². The Morgan fingerprint density at radius 2 is 2.20 bits per heavy atom. The molecule has 0 unspecified atom stereocenters. The van der Waals surface area contributed by atoms with Crippen molar-refractivity contribution in [2.24, 2.45) is 0 Å². The maximum atomic E-state index is 12.2. The van der Waals surface area contributed by atoms with E-state index < -0.39 is 9.84 Å². The van der Waals surface area contributed by atoms with Crippen LogP contribution in [0.25, 0.3) is 0 Å². The van der Waals surface area contributed by atoms with Gasteiger partial charge in [0.1, 0.15) is 16.9 Å². The van der Waals surface area contributed by atoms with Gasteiger partial charge in [0.2, 0.25) is 14.2 Å². The van der Waals surface area contributed by atoms with E-state index in [-0.39, 0.29) is 16.2 Å². The zero-order valence-electron chi connectivity index (χ0n) is 10.9. The fourth-order valence-electron chi connectivity index (χ4n) is 2.04. The molecule has 5 nitrogen and oxygen atoms in total. The highest BCUT2D eigenvalue weighted by Crippen LogP contribution is 2.31. The molecule has 0 aliphatic carbocycles. The molecule has 8 heteroatoms. The van der Waals surface area contributed by atoms with E-state index in [1.165, 1.54) is 11.3 Å². The highest BCUT2D eigenvalue weighted by atomic mass is 32.2. The normalized spacial score (nSPS) is 19.6. The van der Waals surface area contributed by atoms with Crippen LogP contribution < -0.4 is 0 Å². The Hall–Kier alpha value is -0.830. The fourth-order valence-corrected chi connectivity index (χ4v) is 5.42. The van der Waals surface area contributed by atoms with Crippen molar-refractivity contribution in [2.45, 2.75) is 36.0 Å². The monoisotopic (exact) mass is 330 g/mol. The lowest BCUT2D eigenvalue weighted by Gasteiger charge is -2.03. The first-order valence-electron chi connectivity index (χ1n) is 6.25. The van der Waals surface area contributed by atoms with Crippen LogP contribution in [0.3, 0.4) is 0 Å². The quantitative estimate of drug-likeness (QED) is 0.862. The summed E-state index contributed by atoms with van der Waals surface area (Å²) in [5.41, 5.74) is 1.31. The molecule has 0 N–H and O–H groups in total. The Morgan fingerprint density at radius 1 is 1.35 bits per heavy atom. The van der Waals surface area contributed by atoms with Gasteiger partial charge in [-0.1, -0.05) is 0 Å². The lowest BCUT2D eigenvalue weighted by atomic mass is 10.2. The van der Waals surface area contributed by atoms with Gasteiger partial charge < -0.3 is 4.74 Å². The molecule has 2 aromatic heterocycles. The van der Waals surface area contributed by atoms with Crippen LogP contribution in [0.4, 0.5) is 0 Å². The predicted octanol–water partition coefficient (Wildman–Crippen LogP) is 2.73. The molecule has 1 aliphatic heterocycles. The molecule has 3 rings (SSSR count). The van der Waals surface area contributed by atoms with Crippen LogP contribution in [0.1, 0.15) is 35.3 Å². The van der Waals surface area contributed by atoms with Gasteiger partial charge in [-0.05, 0) is 19.8 Å². The van der Waals surface area contributed by atoms with Gasteiger partial charge in [0.25, 0.3) is 0 Å². The van der Waals surface area contributed by atoms with E-state index >= 15 is 0 Å². The number of sulfone groups is 1. The van der Waals surface area contributed by atoms with Crippen molar-refractivity contribution in [3.63, 3.8) is 0 Å². The number of aryl methyl sites for hydroxylation is 1. The Kier molecular flexibility index (Phi) is 3.89. The molecular weight excluding hydrogens is 316 g/mol. The number of ether oxygens (including phenoxy) is 1. The molecule has 1 aliphatic rings. The van der Waals surface area contributed by atoms with Crippen molar-refractivity contribution in [1.29, 1.82) is 0 Å². The van der Waals surface area contributed by atoms with E-state index in [0.717, 1.165) is 41.5 Å². The molecule has 108 valence electrons. The number of aromatic nitrogens is 2. The molecule has 0 spiro atoms. The molecule has 3 heterocycles. The summed E-state index contributed by atoms with van der Waals surface area (Å²) in [6, 6.07) is 0. The first kappa shape index (κ1) is 14.1. The molecular formula is C12H14N2O3S3. The summed E-state index contributed by atoms with van der Waals surface area (Å²) in [6.07, 6.45) is 2.04. The molecule has 0 bridgehead atoms. The average molecular weight is 330 g/mol. The summed E-state index contributed by atoms with van der Waals surface area (Å²) in [5, 5.41) is 4.42. The van der Waals surface area contributed by atoms with Gasteiger partial charge in [0, 0.05) is 23.1 Å². The molecule has 0 saturated carbocycles. The van der Waals surface area contributed by atoms with Crippen LogP contribution in [0.2, 0.25) is 0 Å². The molecule has 1 atom stereocenters. The third kappa shape index (κ3) is 2.93. The smallest absolute Gasteiger partial charge is 0.211 e. The van der Waals surface area contributed by atoms with Crippen LogP contribution in [-0.2, 0) is 20.3 Å². The zero-order chi connectivity index (χ0) is 14.2. The molecule has 0 radical (unpaired) electrons. The SMILES string of the molecule is Cc1csc(S(=O)(=O)Cc2csc([C@@H]3CCCO3)n2)n1. The minimum absolute atomic E-state index is 0.0403. The minimum Gasteiger partial charge on any atom is -0.371 e. The second-order valence-corrected chi connectivity index (χ2v) is 8.60. The number of hydrogen-bond donors (Lipinski definition) is 0. The van der Waals surface area contributed by atoms with Gasteiger partial charge in [-0.25, -0.2) is 18.4 Å². The summed E-state index contributed by atoms with van der Waals surface area (Å²) in [5.74, 6) is -0.0941. The van der Waals surface area contributed by atoms with Crippen molar-refractivity contribution < 1.29 is 13.2 Å². The summed E-state index contributed by atoms with van der Waals surface area (Å²) in [4.78, 5) is 8.45. The van der Waals surface area contributed by atoms with Crippen molar-refractivity contribution in [3.8, 4) is 0 Å². The Labute approximate surface area is 125 Å². The molecule has 2 aromatic rings. The summed E-state index contributed by atoms with van der Waals surface area (Å²) in [7, 11) is -3.39. The van der Waals surface area contributed by atoms with Gasteiger partial charge in [-0.15, -0.1) is 22.7 Å². The molecule has 0 aromatic carbocycles. The minimum atomic E-state index is -3.39. The van der Waals surface area contributed by atoms with Crippen LogP contribution in [-0.4, -0.2) is 25.0 Å². The van der Waals surface area contributed by atoms with Crippen LogP contribution >= 0.6 is 22.7 Å². The van der Waals surface area contributed by atoms with E-state index in [4.69, 9.17) is 4.74 Å². The molecule has 1 saturated heterocycles. The lowest BCUT2D eigenvalue weighted by Crippen LogP contribution is -2.05. The van der Waals surface area contributed by atoms with Gasteiger partial charge in [0.05, 0.1) is 5.69 Å². The van der Waals surface area contributed by atoms with Crippen molar-refractivity contribution in [3.05, 3.63) is 27.2 Å². The number of hydrogen-bond acceptors (Lipinski definition) is 7. The number of rotatable bonds is 4. The molecule has 0 amide bonds. The van der Waals surface area contributed by atoms with Gasteiger partial charge in [-0.2, -0.15) is 0 Å². The number of thiazole rings is 2. The van der Waals surface area contributed by atoms with Crippen molar-refractivity contribution >= 4 is 32.5 Å². The van der Waals surface area contributed by atoms with E-state index in [9.17, 15) is 8.42 Å². The Balaban J connectivity index is 1.77. The summed E-state index contributed by atoms with van der Waals surface area (Å²) < 4.78 is 30.2. The van der Waals surface area contributed by atoms with Gasteiger partial charge >= 0.3 is 0 Å². The number of nitrogens with zero attached hydrogens (tertiary/aromatic N) is 2. The third-order valence-electron chi connectivity index (χ3n) is 2.98. The summed E-state index contributed by atoms with van der Waals surface area (Å²) in [6.45, 7) is 2.55. The first-order valence-corrected chi connectivity index (χ1v) is 9.66. The van der Waals surface area contributed by atoms with Crippen LogP contribution in [0.15, 0.2) is 15.1 Å². The molecule has 20 heavy (non-hydrogen) atoms.